The number of aromatic nitrogens is 8. The van der Waals surface area contributed by atoms with Crippen LogP contribution in [0.3, 0.4) is 0 Å². The van der Waals surface area contributed by atoms with Crippen LogP contribution in [0.2, 0.25) is 0 Å². The van der Waals surface area contributed by atoms with Crippen molar-refractivity contribution in [3.05, 3.63) is 278 Å². The van der Waals surface area contributed by atoms with E-state index in [1.165, 1.54) is 87.4 Å². The van der Waals surface area contributed by atoms with Crippen molar-refractivity contribution >= 4 is 133 Å². The highest BCUT2D eigenvalue weighted by atomic mass is 19.4. The van der Waals surface area contributed by atoms with Crippen LogP contribution < -0.4 is 30.7 Å². The maximum Gasteiger partial charge on any atom is 0.416 e. The number of alkyl halides is 6. The van der Waals surface area contributed by atoms with Crippen molar-refractivity contribution < 1.29 is 63.0 Å². The minimum atomic E-state index is -4.39. The Labute approximate surface area is 609 Å². The molecule has 1 aliphatic carbocycles. The molecule has 28 heteroatoms. The first-order chi connectivity index (χ1) is 52.0. The summed E-state index contributed by atoms with van der Waals surface area (Å²) in [6.07, 6.45) is 10.1. The number of ether oxygens (including phenoxy) is 2. The highest BCUT2D eigenvalue weighted by molar-refractivity contribution is 6.03. The molecule has 14 rings (SSSR count). The van der Waals surface area contributed by atoms with Crippen molar-refractivity contribution in [3.8, 4) is 11.5 Å². The van der Waals surface area contributed by atoms with Crippen LogP contribution in [0.1, 0.15) is 88.3 Å². The number of rotatable bonds is 14. The molecule has 0 aliphatic heterocycles. The van der Waals surface area contributed by atoms with Gasteiger partial charge in [-0.1, -0.05) is 122 Å². The number of carbonyl (C=O) groups is 2. The van der Waals surface area contributed by atoms with E-state index in [4.69, 9.17) is 22.6 Å². The predicted octanol–water partition coefficient (Wildman–Crippen LogP) is 21.7. The third-order valence-corrected chi connectivity index (χ3v) is 16.8. The lowest BCUT2D eigenvalue weighted by atomic mass is 9.96. The molecule has 8 N–H and O–H groups in total. The van der Waals surface area contributed by atoms with E-state index in [1.807, 2.05) is 6.07 Å². The van der Waals surface area contributed by atoms with E-state index < -0.39 is 47.2 Å². The van der Waals surface area contributed by atoms with Gasteiger partial charge in [0.05, 0.1) is 105 Å². The Balaban J connectivity index is 0.000000144. The van der Waals surface area contributed by atoms with E-state index in [2.05, 4.69) is 71.7 Å². The van der Waals surface area contributed by atoms with Gasteiger partial charge in [-0.3, -0.25) is 20.4 Å². The number of aromatic amines is 4. The van der Waals surface area contributed by atoms with Gasteiger partial charge in [-0.05, 0) is 144 Å². The molecule has 0 atom stereocenters. The quantitative estimate of drug-likeness (QED) is 0.0385. The number of halogens is 10. The number of urea groups is 2. The fourth-order valence-electron chi connectivity index (χ4n) is 11.4. The summed E-state index contributed by atoms with van der Waals surface area (Å²) in [5.41, 5.74) is 7.21. The molecule has 546 valence electrons. The molecule has 4 heterocycles. The van der Waals surface area contributed by atoms with Crippen molar-refractivity contribution in [2.75, 3.05) is 30.2 Å². The number of carbonyl (C=O) groups excluding carboxylic acids is 2. The smallest absolute Gasteiger partial charge is 0.416 e. The summed E-state index contributed by atoms with van der Waals surface area (Å²) < 4.78 is 142. The van der Waals surface area contributed by atoms with Crippen LogP contribution in [0, 0.1) is 36.4 Å². The van der Waals surface area contributed by atoms with Crippen molar-refractivity contribution in [1.82, 2.24) is 46.1 Å². The first-order valence-electron chi connectivity index (χ1n) is 33.0. The number of H-pyrrole nitrogens is 4. The van der Waals surface area contributed by atoms with Crippen molar-refractivity contribution in [1.29, 1.82) is 0 Å². The van der Waals surface area contributed by atoms with Gasteiger partial charge in [0, 0.05) is 34.6 Å². The second-order valence-corrected chi connectivity index (χ2v) is 24.1. The molecule has 108 heavy (non-hydrogen) atoms. The molecule has 4 aromatic heterocycles. The average molecular weight is 1470 g/mol. The zero-order valence-corrected chi connectivity index (χ0v) is 57.1. The molecule has 0 bridgehead atoms. The molecule has 0 spiro atoms. The number of benzene rings is 9. The molecule has 4 amide bonds. The van der Waals surface area contributed by atoms with Crippen LogP contribution in [-0.4, -0.2) is 73.1 Å². The van der Waals surface area contributed by atoms with E-state index in [-0.39, 0.29) is 29.1 Å². The van der Waals surface area contributed by atoms with E-state index in [1.54, 1.807) is 127 Å². The Morgan fingerprint density at radius 3 is 1.32 bits per heavy atom. The summed E-state index contributed by atoms with van der Waals surface area (Å²) in [6, 6.07) is 42.3. The summed E-state index contributed by atoms with van der Waals surface area (Å²) in [7, 11) is 2.93. The Morgan fingerprint density at radius 2 is 0.870 bits per heavy atom. The average Bonchev–Trinajstić information content (AvgIpc) is 1.63. The Kier molecular flexibility index (Phi) is 23.9. The fraction of sp³-hybridized carbons (Fsp3) is 0.125. The number of methoxy groups -OCH3 is 2. The van der Waals surface area contributed by atoms with Crippen LogP contribution in [0.5, 0.6) is 11.5 Å². The lowest BCUT2D eigenvalue weighted by Crippen LogP contribution is -2.39. The molecular formula is C80H62F10N14O4. The molecular weight excluding hydrogens is 1410 g/mol. The highest BCUT2D eigenvalue weighted by Crippen LogP contribution is 2.40. The van der Waals surface area contributed by atoms with Gasteiger partial charge in [0.1, 0.15) is 34.8 Å². The van der Waals surface area contributed by atoms with Crippen LogP contribution in [0.15, 0.2) is 176 Å². The van der Waals surface area contributed by atoms with E-state index in [0.29, 0.717) is 106 Å². The molecule has 1 fully saturated rings. The van der Waals surface area contributed by atoms with E-state index >= 15 is 0 Å². The summed E-state index contributed by atoms with van der Waals surface area (Å²) >= 11 is 0. The number of amides is 4. The largest absolute Gasteiger partial charge is 0.507 e. The van der Waals surface area contributed by atoms with Gasteiger partial charge < -0.3 is 30.7 Å². The van der Waals surface area contributed by atoms with Gasteiger partial charge >= 0.3 is 24.4 Å². The van der Waals surface area contributed by atoms with Gasteiger partial charge in [0.15, 0.2) is 0 Å². The number of fused-ring (bicyclic) bond motifs is 4. The zero-order chi connectivity index (χ0) is 76.5. The van der Waals surface area contributed by atoms with Gasteiger partial charge in [0.25, 0.3) is 0 Å². The molecule has 0 unspecified atom stereocenters. The molecule has 13 aromatic rings. The van der Waals surface area contributed by atoms with Crippen LogP contribution in [-0.2, 0) is 12.4 Å². The second kappa shape index (κ2) is 34.2. The number of nitrogens with zero attached hydrogens (tertiary/aromatic N) is 6. The summed E-state index contributed by atoms with van der Waals surface area (Å²) in [5.74, 6) is -0.942. The molecule has 0 saturated heterocycles. The number of hydrogen-bond donors (Lipinski definition) is 8. The third-order valence-electron chi connectivity index (χ3n) is 16.8. The minimum absolute atomic E-state index is 0.0313. The summed E-state index contributed by atoms with van der Waals surface area (Å²) in [5, 5.41) is 41.2. The van der Waals surface area contributed by atoms with Gasteiger partial charge in [-0.15, -0.1) is 0 Å². The van der Waals surface area contributed by atoms with Gasteiger partial charge in [0.2, 0.25) is 11.4 Å². The summed E-state index contributed by atoms with van der Waals surface area (Å²) in [6.45, 7) is 14.4. The first-order valence-corrected chi connectivity index (χ1v) is 33.0. The van der Waals surface area contributed by atoms with Crippen LogP contribution in [0.25, 0.3) is 102 Å². The van der Waals surface area contributed by atoms with Crippen LogP contribution >= 0.6 is 0 Å². The molecule has 1 saturated carbocycles. The maximum atomic E-state index is 14.4. The number of nitrogens with one attached hydrogen (secondary N) is 8. The number of hydrogen-bond acceptors (Lipinski definition) is 8. The molecule has 9 aromatic carbocycles. The first kappa shape index (κ1) is 75.4. The van der Waals surface area contributed by atoms with E-state index in [0.717, 1.165) is 61.1 Å². The maximum absolute atomic E-state index is 14.4. The van der Waals surface area contributed by atoms with Crippen molar-refractivity contribution in [3.63, 3.8) is 0 Å². The fourth-order valence-corrected chi connectivity index (χ4v) is 11.4. The van der Waals surface area contributed by atoms with Crippen molar-refractivity contribution in [2.45, 2.75) is 50.5 Å². The summed E-state index contributed by atoms with van der Waals surface area (Å²) in [4.78, 5) is 31.3. The second-order valence-electron chi connectivity index (χ2n) is 24.1. The van der Waals surface area contributed by atoms with Crippen LogP contribution in [0.4, 0.5) is 81.9 Å². The Morgan fingerprint density at radius 1 is 0.444 bits per heavy atom. The molecule has 1 aliphatic rings. The topological polar surface area (TPSA) is 224 Å². The zero-order valence-electron chi connectivity index (χ0n) is 57.1. The van der Waals surface area contributed by atoms with Gasteiger partial charge in [-0.25, -0.2) is 36.8 Å². The lowest BCUT2D eigenvalue weighted by Gasteiger charge is -2.22. The monoisotopic (exact) mass is 1470 g/mol. The third kappa shape index (κ3) is 19.2. The molecule has 18 nitrogen and oxygen atoms in total. The number of para-hydroxylation sites is 1. The van der Waals surface area contributed by atoms with Crippen molar-refractivity contribution in [2.24, 2.45) is 0 Å². The Hall–Kier alpha value is -13.8. The van der Waals surface area contributed by atoms with E-state index in [9.17, 15) is 53.5 Å². The number of anilines is 3. The SMILES string of the molecule is O=C(Nc1cc2c(/C=C/c3ccc(F)cc3)n[nH]c2cc1F)NC1CCCCC1.O=C(Nc1ccccc1)Nc1cc2c(/C=C/c3ccc(F)cc3)n[nH]c2cc1F.[C-]#[N+]c1ccc2[nH]nc(/C=C/c3ccc(C(F)(F)F)cc3)c2c1OC.[C-]#[N+]c1ccc2[nH]nc(/C=C/c3cccc(C(F)(F)F)c3)c2c1OC. The van der Waals surface area contributed by atoms with Gasteiger partial charge in [-0.2, -0.15) is 46.7 Å². The highest BCUT2D eigenvalue weighted by Gasteiger charge is 2.31. The predicted molar refractivity (Wildman–Crippen MR) is 399 cm³/mol. The standard InChI is InChI=1S/C22H22F2N4O.C22H16F2N4O.2C18H12F3N3O/c2*23-15-9-6-14(7-10-15)8-11-19-17-12-21(18(24)13-20(17)28-27-19)26-22(29)25-16-4-2-1-3-5-16;1-22-15-10-9-14-16(17(15)25-2)13(23-24-14)8-5-11-3-6-12(7-4-11)18(19,20)21;1-22-15-9-8-14-16(17(15)25-2)13(23-24-14)7-6-11-4-3-5-12(10-11)18(19,20)21/h6-13,16H,1-5H2,(H,27,28)(H2,25,26,29);1-13H,(H,27,28)(H2,25,26,29);2*3-10H,2H3,(H,23,24)/b2*11-8+;8-5+;7-6+. The minimum Gasteiger partial charge on any atom is -0.507 e. The normalized spacial score (nSPS) is 12.5. The molecule has 0 radical (unpaired) electrons. The lowest BCUT2D eigenvalue weighted by molar-refractivity contribution is -0.138. The Bertz CT molecular complexity index is 5570.